The van der Waals surface area contributed by atoms with Gasteiger partial charge in [0, 0.05) is 43.6 Å². The third-order valence-electron chi connectivity index (χ3n) is 13.6. The van der Waals surface area contributed by atoms with Crippen LogP contribution in [0.2, 0.25) is 0 Å². The number of aromatic nitrogens is 4. The van der Waals surface area contributed by atoms with Gasteiger partial charge in [-0.05, 0) is 93.0 Å². The SMILES string of the molecule is CC1(C)c2ccccc2-c2ccc(-n3c4ccccc4c4cc(-c5ccc6c7ccccc7n(-c7nc(-c8ccc(-c9ccccc9)cc8)c8ccccc8n7)c6c5)ccc43)cc21. The van der Waals surface area contributed by atoms with Crippen molar-refractivity contribution in [3.63, 3.8) is 0 Å². The molecule has 0 radical (unpaired) electrons. The standard InChI is InChI=1S/C59H40N4/c1-59(2)50-20-10-6-16-43(50)44-32-30-42(36-51(44)59)62-53-22-12-9-18-46(53)49-34-40(29-33-55(49)62)41-28-31-47-45-17-8-13-23-54(45)63(56(47)35-41)58-60-52-21-11-7-19-48(52)57(61-58)39-26-24-38(25-27-39)37-14-4-3-5-15-37/h3-36H,1-2H3. The van der Waals surface area contributed by atoms with Crippen molar-refractivity contribution in [2.24, 2.45) is 0 Å². The monoisotopic (exact) mass is 804 g/mol. The number of hydrogen-bond donors (Lipinski definition) is 0. The molecule has 1 aliphatic carbocycles. The van der Waals surface area contributed by atoms with Crippen molar-refractivity contribution < 1.29 is 0 Å². The van der Waals surface area contributed by atoms with Gasteiger partial charge in [-0.25, -0.2) is 9.97 Å². The second-order valence-electron chi connectivity index (χ2n) is 17.4. The average Bonchev–Trinajstić information content (AvgIpc) is 3.93. The molecule has 9 aromatic carbocycles. The average molecular weight is 805 g/mol. The maximum atomic E-state index is 5.42. The highest BCUT2D eigenvalue weighted by molar-refractivity contribution is 6.12. The van der Waals surface area contributed by atoms with Gasteiger partial charge in [0.25, 0.3) is 0 Å². The highest BCUT2D eigenvalue weighted by Gasteiger charge is 2.35. The number of fused-ring (bicyclic) bond motifs is 10. The van der Waals surface area contributed by atoms with Crippen molar-refractivity contribution in [3.05, 3.63) is 217 Å². The third kappa shape index (κ3) is 5.34. The van der Waals surface area contributed by atoms with Crippen LogP contribution in [0.3, 0.4) is 0 Å². The van der Waals surface area contributed by atoms with Crippen molar-refractivity contribution >= 4 is 54.5 Å². The van der Waals surface area contributed by atoms with Gasteiger partial charge in [0.15, 0.2) is 0 Å². The van der Waals surface area contributed by atoms with Gasteiger partial charge in [0.1, 0.15) is 0 Å². The molecule has 13 rings (SSSR count). The zero-order valence-electron chi connectivity index (χ0n) is 34.9. The summed E-state index contributed by atoms with van der Waals surface area (Å²) in [5, 5.41) is 5.83. The van der Waals surface area contributed by atoms with Crippen molar-refractivity contribution in [2.45, 2.75) is 19.3 Å². The molecule has 0 fully saturated rings. The normalized spacial score (nSPS) is 13.0. The molecule has 4 heteroatoms. The van der Waals surface area contributed by atoms with E-state index in [-0.39, 0.29) is 5.41 Å². The van der Waals surface area contributed by atoms with E-state index in [2.05, 4.69) is 229 Å². The van der Waals surface area contributed by atoms with Crippen LogP contribution in [0.5, 0.6) is 0 Å². The number of rotatable bonds is 5. The fourth-order valence-corrected chi connectivity index (χ4v) is 10.5. The van der Waals surface area contributed by atoms with Crippen molar-refractivity contribution in [3.8, 4) is 56.3 Å². The Labute approximate surface area is 365 Å². The van der Waals surface area contributed by atoms with E-state index in [1.54, 1.807) is 0 Å². The molecule has 12 aromatic rings. The predicted molar refractivity (Wildman–Crippen MR) is 262 cm³/mol. The molecule has 0 aliphatic heterocycles. The summed E-state index contributed by atoms with van der Waals surface area (Å²) in [6.07, 6.45) is 0. The van der Waals surface area contributed by atoms with Crippen molar-refractivity contribution in [2.75, 3.05) is 0 Å². The van der Waals surface area contributed by atoms with E-state index in [4.69, 9.17) is 9.97 Å². The Bertz CT molecular complexity index is 3810. The first-order valence-corrected chi connectivity index (χ1v) is 21.7. The predicted octanol–water partition coefficient (Wildman–Crippen LogP) is 15.1. The van der Waals surface area contributed by atoms with Crippen LogP contribution in [0.4, 0.5) is 0 Å². The molecule has 3 heterocycles. The highest BCUT2D eigenvalue weighted by Crippen LogP contribution is 2.49. The van der Waals surface area contributed by atoms with E-state index < -0.39 is 0 Å². The van der Waals surface area contributed by atoms with Gasteiger partial charge in [-0.3, -0.25) is 4.57 Å². The van der Waals surface area contributed by atoms with Crippen LogP contribution in [0.25, 0.3) is 111 Å². The first-order chi connectivity index (χ1) is 31.0. The maximum absolute atomic E-state index is 5.42. The smallest absolute Gasteiger partial charge is 0.235 e. The van der Waals surface area contributed by atoms with Crippen LogP contribution >= 0.6 is 0 Å². The summed E-state index contributed by atoms with van der Waals surface area (Å²) in [5.41, 5.74) is 18.6. The van der Waals surface area contributed by atoms with Gasteiger partial charge in [0.2, 0.25) is 5.95 Å². The van der Waals surface area contributed by atoms with Crippen LogP contribution in [-0.4, -0.2) is 19.1 Å². The van der Waals surface area contributed by atoms with Crippen LogP contribution in [0, 0.1) is 0 Å². The fourth-order valence-electron chi connectivity index (χ4n) is 10.5. The molecule has 0 spiro atoms. The van der Waals surface area contributed by atoms with Gasteiger partial charge in [-0.1, -0.05) is 172 Å². The zero-order chi connectivity index (χ0) is 41.8. The topological polar surface area (TPSA) is 35.6 Å². The molecule has 296 valence electrons. The molecule has 0 bridgehead atoms. The van der Waals surface area contributed by atoms with Crippen molar-refractivity contribution in [1.82, 2.24) is 19.1 Å². The lowest BCUT2D eigenvalue weighted by Gasteiger charge is -2.22. The summed E-state index contributed by atoms with van der Waals surface area (Å²) in [5.74, 6) is 0.651. The van der Waals surface area contributed by atoms with Crippen molar-refractivity contribution in [1.29, 1.82) is 0 Å². The minimum Gasteiger partial charge on any atom is -0.309 e. The second kappa shape index (κ2) is 13.5. The van der Waals surface area contributed by atoms with Gasteiger partial charge in [-0.15, -0.1) is 0 Å². The minimum atomic E-state index is -0.0808. The van der Waals surface area contributed by atoms with Crippen LogP contribution in [0.1, 0.15) is 25.0 Å². The molecule has 0 atom stereocenters. The molecule has 0 N–H and O–H groups in total. The lowest BCUT2D eigenvalue weighted by molar-refractivity contribution is 0.660. The summed E-state index contributed by atoms with van der Waals surface area (Å²) in [4.78, 5) is 10.7. The molecular formula is C59H40N4. The first-order valence-electron chi connectivity index (χ1n) is 21.7. The quantitative estimate of drug-likeness (QED) is 0.174. The first kappa shape index (κ1) is 35.7. The van der Waals surface area contributed by atoms with Crippen LogP contribution < -0.4 is 0 Å². The van der Waals surface area contributed by atoms with E-state index in [0.29, 0.717) is 5.95 Å². The summed E-state index contributed by atoms with van der Waals surface area (Å²) < 4.78 is 4.69. The van der Waals surface area contributed by atoms with E-state index in [1.807, 2.05) is 0 Å². The molecule has 1 aliphatic rings. The Morgan fingerprint density at radius 1 is 0.349 bits per heavy atom. The van der Waals surface area contributed by atoms with E-state index >= 15 is 0 Å². The maximum Gasteiger partial charge on any atom is 0.235 e. The fraction of sp³-hybridized carbons (Fsp3) is 0.0508. The molecule has 0 saturated heterocycles. The molecular weight excluding hydrogens is 765 g/mol. The molecule has 0 unspecified atom stereocenters. The third-order valence-corrected chi connectivity index (χ3v) is 13.6. The summed E-state index contributed by atoms with van der Waals surface area (Å²) in [7, 11) is 0. The summed E-state index contributed by atoms with van der Waals surface area (Å²) >= 11 is 0. The highest BCUT2D eigenvalue weighted by atomic mass is 15.2. The summed E-state index contributed by atoms with van der Waals surface area (Å²) in [6.45, 7) is 4.71. The lowest BCUT2D eigenvalue weighted by atomic mass is 9.82. The van der Waals surface area contributed by atoms with E-state index in [1.165, 1.54) is 71.6 Å². The molecule has 3 aromatic heterocycles. The summed E-state index contributed by atoms with van der Waals surface area (Å²) in [6, 6.07) is 74.7. The van der Waals surface area contributed by atoms with E-state index in [0.717, 1.165) is 44.3 Å². The molecule has 4 nitrogen and oxygen atoms in total. The Morgan fingerprint density at radius 2 is 0.921 bits per heavy atom. The minimum absolute atomic E-state index is 0.0808. The van der Waals surface area contributed by atoms with Gasteiger partial charge < -0.3 is 4.57 Å². The Morgan fingerprint density at radius 3 is 1.75 bits per heavy atom. The number of para-hydroxylation sites is 3. The molecule has 63 heavy (non-hydrogen) atoms. The number of hydrogen-bond acceptors (Lipinski definition) is 2. The largest absolute Gasteiger partial charge is 0.309 e. The lowest BCUT2D eigenvalue weighted by Crippen LogP contribution is -2.15. The zero-order valence-corrected chi connectivity index (χ0v) is 34.9. The van der Waals surface area contributed by atoms with Crippen LogP contribution in [-0.2, 0) is 5.41 Å². The van der Waals surface area contributed by atoms with Gasteiger partial charge in [-0.2, -0.15) is 0 Å². The second-order valence-corrected chi connectivity index (χ2v) is 17.4. The van der Waals surface area contributed by atoms with Crippen LogP contribution in [0.15, 0.2) is 206 Å². The Hall–Kier alpha value is -8.08. The number of benzene rings is 9. The van der Waals surface area contributed by atoms with Gasteiger partial charge in [0.05, 0.1) is 33.3 Å². The molecule has 0 saturated carbocycles. The Kier molecular flexibility index (Phi) is 7.62. The van der Waals surface area contributed by atoms with E-state index in [9.17, 15) is 0 Å². The Balaban J connectivity index is 0.965. The number of nitrogens with zero attached hydrogens (tertiary/aromatic N) is 4. The van der Waals surface area contributed by atoms with Gasteiger partial charge >= 0.3 is 0 Å². The molecule has 0 amide bonds.